The summed E-state index contributed by atoms with van der Waals surface area (Å²) in [6.45, 7) is 8.98. The van der Waals surface area contributed by atoms with E-state index in [1.165, 1.54) is 29.5 Å². The van der Waals surface area contributed by atoms with Crippen LogP contribution in [0.25, 0.3) is 0 Å². The van der Waals surface area contributed by atoms with Crippen molar-refractivity contribution in [2.45, 2.75) is 39.4 Å². The number of benzene rings is 2. The van der Waals surface area contributed by atoms with E-state index in [0.717, 1.165) is 69.2 Å². The van der Waals surface area contributed by atoms with E-state index in [4.69, 9.17) is 9.47 Å². The number of morpholine rings is 1. The molecule has 0 radical (unpaired) electrons. The van der Waals surface area contributed by atoms with E-state index in [9.17, 15) is 0 Å². The molecule has 6 nitrogen and oxygen atoms in total. The Balaban J connectivity index is 0.00000306. The van der Waals surface area contributed by atoms with Crippen molar-refractivity contribution >= 4 is 29.9 Å². The van der Waals surface area contributed by atoms with E-state index in [0.29, 0.717) is 6.54 Å². The van der Waals surface area contributed by atoms with Crippen molar-refractivity contribution in [3.63, 3.8) is 0 Å². The number of halogens is 1. The number of nitrogens with zero attached hydrogens (tertiary/aromatic N) is 2. The Morgan fingerprint density at radius 2 is 1.82 bits per heavy atom. The van der Waals surface area contributed by atoms with Crippen molar-refractivity contribution in [3.05, 3.63) is 64.7 Å². The SMILES string of the molecule is CN=C(NCc1cccc(CN2CCOCC2)c1)NCc1ccc(C)cc1OCC1CC1.I. The Morgan fingerprint density at radius 3 is 2.58 bits per heavy atom. The highest BCUT2D eigenvalue weighted by Crippen LogP contribution is 2.30. The third-order valence-electron chi connectivity index (χ3n) is 6.03. The molecule has 1 heterocycles. The van der Waals surface area contributed by atoms with Gasteiger partial charge in [0.15, 0.2) is 5.96 Å². The molecule has 2 fully saturated rings. The maximum Gasteiger partial charge on any atom is 0.191 e. The Kier molecular flexibility index (Phi) is 10.3. The van der Waals surface area contributed by atoms with Crippen LogP contribution in [0.2, 0.25) is 0 Å². The third kappa shape index (κ3) is 8.46. The molecule has 7 heteroatoms. The Bertz CT molecular complexity index is 911. The summed E-state index contributed by atoms with van der Waals surface area (Å²) in [4.78, 5) is 6.84. The first-order valence-corrected chi connectivity index (χ1v) is 11.7. The standard InChI is InChI=1S/C26H36N4O2.HI/c1-20-6-9-24(25(14-20)32-19-21-7-8-21)17-29-26(27-2)28-16-22-4-3-5-23(15-22)18-30-10-12-31-13-11-30;/h3-6,9,14-15,21H,7-8,10-13,16-19H2,1-2H3,(H2,27,28,29);1H. The molecule has 0 atom stereocenters. The number of ether oxygens (including phenoxy) is 2. The van der Waals surface area contributed by atoms with E-state index in [-0.39, 0.29) is 24.0 Å². The zero-order valence-electron chi connectivity index (χ0n) is 19.8. The quantitative estimate of drug-likeness (QED) is 0.273. The molecule has 0 amide bonds. The molecule has 0 unspecified atom stereocenters. The van der Waals surface area contributed by atoms with Crippen molar-refractivity contribution in [2.75, 3.05) is 40.0 Å². The number of nitrogens with one attached hydrogen (secondary N) is 2. The summed E-state index contributed by atoms with van der Waals surface area (Å²) >= 11 is 0. The summed E-state index contributed by atoms with van der Waals surface area (Å²) in [5.41, 5.74) is 4.97. The first kappa shape index (κ1) is 25.8. The lowest BCUT2D eigenvalue weighted by molar-refractivity contribution is 0.0342. The Morgan fingerprint density at radius 1 is 1.06 bits per heavy atom. The highest BCUT2D eigenvalue weighted by atomic mass is 127. The zero-order chi connectivity index (χ0) is 22.2. The molecular formula is C26H37IN4O2. The van der Waals surface area contributed by atoms with Crippen molar-refractivity contribution in [1.82, 2.24) is 15.5 Å². The smallest absolute Gasteiger partial charge is 0.191 e. The van der Waals surface area contributed by atoms with Gasteiger partial charge in [-0.2, -0.15) is 0 Å². The lowest BCUT2D eigenvalue weighted by Crippen LogP contribution is -2.36. The average molecular weight is 565 g/mol. The van der Waals surface area contributed by atoms with E-state index >= 15 is 0 Å². The zero-order valence-corrected chi connectivity index (χ0v) is 22.1. The van der Waals surface area contributed by atoms with Crippen molar-refractivity contribution < 1.29 is 9.47 Å². The minimum absolute atomic E-state index is 0. The van der Waals surface area contributed by atoms with Crippen LogP contribution in [-0.4, -0.2) is 50.8 Å². The average Bonchev–Trinajstić information content (AvgIpc) is 3.64. The van der Waals surface area contributed by atoms with Crippen molar-refractivity contribution in [1.29, 1.82) is 0 Å². The van der Waals surface area contributed by atoms with E-state index < -0.39 is 0 Å². The fraction of sp³-hybridized carbons (Fsp3) is 0.500. The summed E-state index contributed by atoms with van der Waals surface area (Å²) in [5.74, 6) is 2.51. The fourth-order valence-corrected chi connectivity index (χ4v) is 3.88. The van der Waals surface area contributed by atoms with Crippen LogP contribution >= 0.6 is 24.0 Å². The molecule has 1 aliphatic heterocycles. The fourth-order valence-electron chi connectivity index (χ4n) is 3.88. The topological polar surface area (TPSA) is 58.1 Å². The van der Waals surface area contributed by atoms with Gasteiger partial charge in [0.25, 0.3) is 0 Å². The molecule has 0 bridgehead atoms. The van der Waals surface area contributed by atoms with Gasteiger partial charge in [0.1, 0.15) is 5.75 Å². The van der Waals surface area contributed by atoms with Gasteiger partial charge in [-0.3, -0.25) is 9.89 Å². The van der Waals surface area contributed by atoms with Crippen LogP contribution in [-0.2, 0) is 24.4 Å². The number of hydrogen-bond acceptors (Lipinski definition) is 4. The lowest BCUT2D eigenvalue weighted by Gasteiger charge is -2.26. The second kappa shape index (κ2) is 13.2. The Hall–Kier alpha value is -1.84. The molecule has 1 saturated carbocycles. The molecule has 180 valence electrons. The molecule has 0 spiro atoms. The van der Waals surface area contributed by atoms with Crippen molar-refractivity contribution in [3.8, 4) is 5.75 Å². The summed E-state index contributed by atoms with van der Waals surface area (Å²) in [6.07, 6.45) is 2.59. The Labute approximate surface area is 215 Å². The number of aliphatic imine (C=N–C) groups is 1. The van der Waals surface area contributed by atoms with Gasteiger partial charge >= 0.3 is 0 Å². The highest BCUT2D eigenvalue weighted by molar-refractivity contribution is 14.0. The number of hydrogen-bond donors (Lipinski definition) is 2. The van der Waals surface area contributed by atoms with Gasteiger partial charge in [-0.05, 0) is 48.4 Å². The summed E-state index contributed by atoms with van der Waals surface area (Å²) in [5, 5.41) is 6.88. The minimum Gasteiger partial charge on any atom is -0.493 e. The number of guanidine groups is 1. The third-order valence-corrected chi connectivity index (χ3v) is 6.03. The van der Waals surface area contributed by atoms with E-state index in [2.05, 4.69) is 69.9 Å². The molecule has 4 rings (SSSR count). The molecule has 2 aliphatic rings. The number of aryl methyl sites for hydroxylation is 1. The summed E-state index contributed by atoms with van der Waals surface area (Å²) < 4.78 is 11.6. The molecule has 1 saturated heterocycles. The minimum atomic E-state index is 0. The molecule has 1 aliphatic carbocycles. The lowest BCUT2D eigenvalue weighted by atomic mass is 10.1. The first-order chi connectivity index (χ1) is 15.7. The van der Waals surface area contributed by atoms with Gasteiger partial charge < -0.3 is 20.1 Å². The van der Waals surface area contributed by atoms with Gasteiger partial charge in [0, 0.05) is 45.3 Å². The van der Waals surface area contributed by atoms with Gasteiger partial charge in [-0.15, -0.1) is 24.0 Å². The van der Waals surface area contributed by atoms with Gasteiger partial charge in [0.2, 0.25) is 0 Å². The predicted molar refractivity (Wildman–Crippen MR) is 144 cm³/mol. The summed E-state index contributed by atoms with van der Waals surface area (Å²) in [6, 6.07) is 15.2. The van der Waals surface area contributed by atoms with E-state index in [1.54, 1.807) is 0 Å². The van der Waals surface area contributed by atoms with Crippen LogP contribution in [0.1, 0.15) is 35.1 Å². The molecule has 2 aromatic carbocycles. The van der Waals surface area contributed by atoms with Gasteiger partial charge in [-0.25, -0.2) is 0 Å². The highest BCUT2D eigenvalue weighted by Gasteiger charge is 2.22. The van der Waals surface area contributed by atoms with Gasteiger partial charge in [-0.1, -0.05) is 36.4 Å². The second-order valence-electron chi connectivity index (χ2n) is 8.85. The molecule has 2 aromatic rings. The number of rotatable bonds is 9. The normalized spacial score (nSPS) is 16.7. The maximum atomic E-state index is 6.10. The second-order valence-corrected chi connectivity index (χ2v) is 8.85. The van der Waals surface area contributed by atoms with Crippen LogP contribution in [0.4, 0.5) is 0 Å². The van der Waals surface area contributed by atoms with Crippen molar-refractivity contribution in [2.24, 2.45) is 10.9 Å². The van der Waals surface area contributed by atoms with Crippen LogP contribution in [0, 0.1) is 12.8 Å². The van der Waals surface area contributed by atoms with Crippen LogP contribution in [0.5, 0.6) is 5.75 Å². The van der Waals surface area contributed by atoms with Crippen LogP contribution in [0.15, 0.2) is 47.5 Å². The molecular weight excluding hydrogens is 527 g/mol. The maximum absolute atomic E-state index is 6.10. The first-order valence-electron chi connectivity index (χ1n) is 11.7. The molecule has 33 heavy (non-hydrogen) atoms. The monoisotopic (exact) mass is 564 g/mol. The van der Waals surface area contributed by atoms with Crippen LogP contribution < -0.4 is 15.4 Å². The largest absolute Gasteiger partial charge is 0.493 e. The van der Waals surface area contributed by atoms with Crippen LogP contribution in [0.3, 0.4) is 0 Å². The molecule has 2 N–H and O–H groups in total. The van der Waals surface area contributed by atoms with E-state index in [1.807, 2.05) is 7.05 Å². The summed E-state index contributed by atoms with van der Waals surface area (Å²) in [7, 11) is 1.81. The molecule has 0 aromatic heterocycles. The predicted octanol–water partition coefficient (Wildman–Crippen LogP) is 4.10. The van der Waals surface area contributed by atoms with Gasteiger partial charge in [0.05, 0.1) is 19.8 Å².